The summed E-state index contributed by atoms with van der Waals surface area (Å²) in [6.45, 7) is 2.65. The van der Waals surface area contributed by atoms with Crippen LogP contribution in [0.15, 0.2) is 54.6 Å². The third-order valence-electron chi connectivity index (χ3n) is 2.97. The molecule has 122 valence electrons. The molecular weight excluding hydrogens is 308 g/mol. The molecule has 2 aromatic carbocycles. The topological polar surface area (TPSA) is 69.7 Å². The number of hydrogen-bond acceptors (Lipinski definition) is 5. The number of ketones is 1. The van der Waals surface area contributed by atoms with Crippen LogP contribution in [0.4, 0.5) is 0 Å². The van der Waals surface area contributed by atoms with Crippen molar-refractivity contribution in [3.63, 3.8) is 0 Å². The largest absolute Gasteiger partial charge is 0.427 e. The molecule has 0 N–H and O–H groups in total. The highest BCUT2D eigenvalue weighted by Crippen LogP contribution is 2.15. The minimum atomic E-state index is -0.411. The fraction of sp³-hybridized carbons (Fsp3) is 0.105. The lowest BCUT2D eigenvalue weighted by Gasteiger charge is -2.02. The quantitative estimate of drug-likeness (QED) is 0.365. The van der Waals surface area contributed by atoms with Gasteiger partial charge in [-0.05, 0) is 48.0 Å². The summed E-state index contributed by atoms with van der Waals surface area (Å²) in [6.07, 6.45) is 3.11. The lowest BCUT2D eigenvalue weighted by Crippen LogP contribution is -2.01. The first-order valence-corrected chi connectivity index (χ1v) is 7.23. The van der Waals surface area contributed by atoms with Gasteiger partial charge in [-0.25, -0.2) is 0 Å². The molecule has 5 heteroatoms. The Morgan fingerprint density at radius 1 is 0.750 bits per heavy atom. The Labute approximate surface area is 139 Å². The van der Waals surface area contributed by atoms with E-state index in [1.54, 1.807) is 54.6 Å². The number of ether oxygens (including phenoxy) is 2. The smallest absolute Gasteiger partial charge is 0.308 e. The second-order valence-electron chi connectivity index (χ2n) is 4.98. The van der Waals surface area contributed by atoms with Crippen LogP contribution in [0.2, 0.25) is 0 Å². The van der Waals surface area contributed by atoms with Crippen LogP contribution in [0.1, 0.15) is 29.8 Å². The Morgan fingerprint density at radius 3 is 1.67 bits per heavy atom. The molecule has 24 heavy (non-hydrogen) atoms. The van der Waals surface area contributed by atoms with Gasteiger partial charge in [0.25, 0.3) is 0 Å². The van der Waals surface area contributed by atoms with E-state index in [0.717, 1.165) is 5.56 Å². The van der Waals surface area contributed by atoms with Gasteiger partial charge in [-0.3, -0.25) is 14.4 Å². The maximum atomic E-state index is 12.1. The summed E-state index contributed by atoms with van der Waals surface area (Å²) in [6, 6.07) is 13.1. The second-order valence-corrected chi connectivity index (χ2v) is 4.98. The molecule has 0 unspecified atom stereocenters. The maximum Gasteiger partial charge on any atom is 0.308 e. The van der Waals surface area contributed by atoms with E-state index >= 15 is 0 Å². The van der Waals surface area contributed by atoms with Crippen LogP contribution in [0, 0.1) is 0 Å². The molecule has 0 heterocycles. The van der Waals surface area contributed by atoms with Gasteiger partial charge in [0.05, 0.1) is 0 Å². The highest BCUT2D eigenvalue weighted by Gasteiger charge is 2.04. The number of esters is 2. The van der Waals surface area contributed by atoms with Gasteiger partial charge in [-0.2, -0.15) is 0 Å². The molecule has 0 aliphatic rings. The molecule has 5 nitrogen and oxygen atoms in total. The van der Waals surface area contributed by atoms with Crippen molar-refractivity contribution in [2.45, 2.75) is 13.8 Å². The predicted octanol–water partition coefficient (Wildman–Crippen LogP) is 3.43. The van der Waals surface area contributed by atoms with Crippen molar-refractivity contribution in [2.24, 2.45) is 0 Å². The summed E-state index contributed by atoms with van der Waals surface area (Å²) in [7, 11) is 0. The van der Waals surface area contributed by atoms with E-state index < -0.39 is 5.97 Å². The number of rotatable bonds is 5. The van der Waals surface area contributed by atoms with Gasteiger partial charge in [0.1, 0.15) is 11.5 Å². The summed E-state index contributed by atoms with van der Waals surface area (Å²) in [5.74, 6) is -0.124. The Bertz CT molecular complexity index is 770. The molecule has 0 aliphatic heterocycles. The van der Waals surface area contributed by atoms with Gasteiger partial charge in [0.2, 0.25) is 0 Å². The maximum absolute atomic E-state index is 12.1. The highest BCUT2D eigenvalue weighted by atomic mass is 16.5. The first-order chi connectivity index (χ1) is 11.4. The second kappa shape index (κ2) is 7.87. The van der Waals surface area contributed by atoms with Crippen LogP contribution in [0.3, 0.4) is 0 Å². The van der Waals surface area contributed by atoms with Crippen LogP contribution in [0.5, 0.6) is 11.5 Å². The Morgan fingerprint density at radius 2 is 1.21 bits per heavy atom. The van der Waals surface area contributed by atoms with E-state index in [4.69, 9.17) is 9.47 Å². The van der Waals surface area contributed by atoms with E-state index in [9.17, 15) is 14.4 Å². The zero-order chi connectivity index (χ0) is 17.5. The number of hydrogen-bond donors (Lipinski definition) is 0. The number of benzene rings is 2. The van der Waals surface area contributed by atoms with Crippen molar-refractivity contribution in [1.29, 1.82) is 0 Å². The first-order valence-electron chi connectivity index (χ1n) is 7.23. The van der Waals surface area contributed by atoms with Gasteiger partial charge >= 0.3 is 11.9 Å². The van der Waals surface area contributed by atoms with Crippen molar-refractivity contribution < 1.29 is 23.9 Å². The number of carbonyl (C=O) groups is 3. The van der Waals surface area contributed by atoms with Crippen LogP contribution < -0.4 is 9.47 Å². The summed E-state index contributed by atoms with van der Waals surface area (Å²) >= 11 is 0. The highest BCUT2D eigenvalue weighted by molar-refractivity contribution is 6.06. The lowest BCUT2D eigenvalue weighted by molar-refractivity contribution is -0.132. The molecule has 0 aromatic heterocycles. The zero-order valence-corrected chi connectivity index (χ0v) is 13.3. The molecule has 0 saturated heterocycles. The minimum Gasteiger partial charge on any atom is -0.427 e. The van der Waals surface area contributed by atoms with Crippen molar-refractivity contribution in [3.8, 4) is 11.5 Å². The molecule has 0 spiro atoms. The molecule has 0 amide bonds. The third-order valence-corrected chi connectivity index (χ3v) is 2.97. The normalized spacial score (nSPS) is 10.4. The summed E-state index contributed by atoms with van der Waals surface area (Å²) < 4.78 is 9.85. The third kappa shape index (κ3) is 5.21. The van der Waals surface area contributed by atoms with E-state index in [0.29, 0.717) is 17.1 Å². The van der Waals surface area contributed by atoms with Crippen molar-refractivity contribution in [1.82, 2.24) is 0 Å². The van der Waals surface area contributed by atoms with E-state index in [2.05, 4.69) is 0 Å². The van der Waals surface area contributed by atoms with Gasteiger partial charge < -0.3 is 9.47 Å². The SMILES string of the molecule is CC(=O)Oc1ccc(/C=C\C(=O)c2ccc(OC(C)=O)cc2)cc1. The fourth-order valence-electron chi connectivity index (χ4n) is 1.93. The van der Waals surface area contributed by atoms with Gasteiger partial charge in [0.15, 0.2) is 5.78 Å². The van der Waals surface area contributed by atoms with Gasteiger partial charge in [0, 0.05) is 19.4 Å². The lowest BCUT2D eigenvalue weighted by atomic mass is 10.1. The average molecular weight is 324 g/mol. The van der Waals surface area contributed by atoms with Crippen molar-refractivity contribution in [3.05, 3.63) is 65.7 Å². The molecule has 0 aliphatic carbocycles. The molecule has 0 radical (unpaired) electrons. The van der Waals surface area contributed by atoms with Crippen molar-refractivity contribution >= 4 is 23.8 Å². The van der Waals surface area contributed by atoms with Gasteiger partial charge in [-0.15, -0.1) is 0 Å². The Hall–Kier alpha value is -3.21. The molecule has 0 atom stereocenters. The van der Waals surface area contributed by atoms with Crippen LogP contribution >= 0.6 is 0 Å². The minimum absolute atomic E-state index is 0.173. The molecule has 0 saturated carbocycles. The monoisotopic (exact) mass is 324 g/mol. The predicted molar refractivity (Wildman–Crippen MR) is 88.9 cm³/mol. The number of allylic oxidation sites excluding steroid dienone is 1. The molecular formula is C19H16O5. The van der Waals surface area contributed by atoms with Crippen LogP contribution in [0.25, 0.3) is 6.08 Å². The Balaban J connectivity index is 2.01. The van der Waals surface area contributed by atoms with Gasteiger partial charge in [-0.1, -0.05) is 18.2 Å². The van der Waals surface area contributed by atoms with Crippen LogP contribution in [-0.4, -0.2) is 17.7 Å². The van der Waals surface area contributed by atoms with E-state index in [1.807, 2.05) is 0 Å². The first kappa shape index (κ1) is 17.1. The Kier molecular flexibility index (Phi) is 5.63. The number of carbonyl (C=O) groups excluding carboxylic acids is 3. The standard InChI is InChI=1S/C19H16O5/c1-13(20)23-17-8-3-15(4-9-17)5-12-19(22)16-6-10-18(11-7-16)24-14(2)21/h3-12H,1-2H3/b12-5-. The van der Waals surface area contributed by atoms with Crippen molar-refractivity contribution in [2.75, 3.05) is 0 Å². The van der Waals surface area contributed by atoms with Crippen LogP contribution in [-0.2, 0) is 9.59 Å². The summed E-state index contributed by atoms with van der Waals surface area (Å²) in [5.41, 5.74) is 1.29. The molecule has 0 bridgehead atoms. The average Bonchev–Trinajstić information content (AvgIpc) is 2.53. The molecule has 0 fully saturated rings. The summed E-state index contributed by atoms with van der Waals surface area (Å²) in [5, 5.41) is 0. The summed E-state index contributed by atoms with van der Waals surface area (Å²) in [4.78, 5) is 33.8. The van der Waals surface area contributed by atoms with E-state index in [1.165, 1.54) is 19.9 Å². The molecule has 2 rings (SSSR count). The zero-order valence-electron chi connectivity index (χ0n) is 13.3. The molecule has 2 aromatic rings. The fourth-order valence-corrected chi connectivity index (χ4v) is 1.93. The van der Waals surface area contributed by atoms with E-state index in [-0.39, 0.29) is 11.8 Å².